The van der Waals surface area contributed by atoms with Crippen molar-refractivity contribution in [1.82, 2.24) is 0 Å². The van der Waals surface area contributed by atoms with Crippen molar-refractivity contribution in [2.45, 2.75) is 18.4 Å². The Bertz CT molecular complexity index is 712. The molecule has 0 atom stereocenters. The lowest BCUT2D eigenvalue weighted by Crippen LogP contribution is -2.01. The second kappa shape index (κ2) is 6.32. The molecule has 0 unspecified atom stereocenters. The summed E-state index contributed by atoms with van der Waals surface area (Å²) >= 11 is 2.22. The van der Waals surface area contributed by atoms with E-state index in [1.54, 1.807) is 19.1 Å². The van der Waals surface area contributed by atoms with Gasteiger partial charge in [0.25, 0.3) is 9.05 Å². The lowest BCUT2D eigenvalue weighted by atomic mass is 10.2. The molecular formula is C14H12ClIO3S. The van der Waals surface area contributed by atoms with Gasteiger partial charge in [-0.1, -0.05) is 18.2 Å². The highest BCUT2D eigenvalue weighted by molar-refractivity contribution is 14.1. The minimum absolute atomic E-state index is 0.00433. The predicted molar refractivity (Wildman–Crippen MR) is 87.7 cm³/mol. The van der Waals surface area contributed by atoms with E-state index in [0.717, 1.165) is 14.7 Å². The average Bonchev–Trinajstić information content (AvgIpc) is 2.38. The summed E-state index contributed by atoms with van der Waals surface area (Å²) < 4.78 is 29.8. The maximum Gasteiger partial charge on any atom is 0.264 e. The first-order valence-corrected chi connectivity index (χ1v) is 9.17. The molecule has 0 heterocycles. The molecule has 6 heteroatoms. The van der Waals surface area contributed by atoms with E-state index >= 15 is 0 Å². The van der Waals surface area contributed by atoms with E-state index in [1.807, 2.05) is 24.3 Å². The molecule has 0 amide bonds. The number of halogens is 2. The lowest BCUT2D eigenvalue weighted by molar-refractivity contribution is 0.298. The molecule has 0 aliphatic rings. The highest BCUT2D eigenvalue weighted by Gasteiger charge is 2.17. The SMILES string of the molecule is Cc1ccc(OCc2ccc(I)cc2)c(S(=O)(=O)Cl)c1. The molecule has 20 heavy (non-hydrogen) atoms. The van der Waals surface area contributed by atoms with Crippen molar-refractivity contribution >= 4 is 42.3 Å². The van der Waals surface area contributed by atoms with Gasteiger partial charge in [0.1, 0.15) is 17.3 Å². The highest BCUT2D eigenvalue weighted by Crippen LogP contribution is 2.28. The van der Waals surface area contributed by atoms with Gasteiger partial charge in [0.05, 0.1) is 0 Å². The number of hydrogen-bond donors (Lipinski definition) is 0. The van der Waals surface area contributed by atoms with E-state index in [9.17, 15) is 8.42 Å². The van der Waals surface area contributed by atoms with E-state index in [4.69, 9.17) is 15.4 Å². The second-order valence-corrected chi connectivity index (χ2v) is 8.08. The Kier molecular flexibility index (Phi) is 4.93. The Balaban J connectivity index is 2.23. The van der Waals surface area contributed by atoms with Gasteiger partial charge < -0.3 is 4.74 Å². The fourth-order valence-corrected chi connectivity index (χ4v) is 3.08. The lowest BCUT2D eigenvalue weighted by Gasteiger charge is -2.10. The first-order chi connectivity index (χ1) is 9.36. The molecule has 106 valence electrons. The largest absolute Gasteiger partial charge is 0.487 e. The van der Waals surface area contributed by atoms with Crippen LogP contribution in [-0.2, 0) is 15.7 Å². The summed E-state index contributed by atoms with van der Waals surface area (Å²) in [5.74, 6) is 0.268. The van der Waals surface area contributed by atoms with Crippen LogP contribution in [0.15, 0.2) is 47.4 Å². The predicted octanol–water partition coefficient (Wildman–Crippen LogP) is 4.11. The third-order valence-corrected chi connectivity index (χ3v) is 4.73. The van der Waals surface area contributed by atoms with Gasteiger partial charge in [-0.05, 0) is 64.9 Å². The van der Waals surface area contributed by atoms with Gasteiger partial charge in [-0.2, -0.15) is 0 Å². The summed E-state index contributed by atoms with van der Waals surface area (Å²) in [6, 6.07) is 12.7. The second-order valence-electron chi connectivity index (χ2n) is 4.30. The molecule has 2 aromatic rings. The van der Waals surface area contributed by atoms with Crippen molar-refractivity contribution in [3.63, 3.8) is 0 Å². The molecule has 0 radical (unpaired) electrons. The molecule has 0 N–H and O–H groups in total. The highest BCUT2D eigenvalue weighted by atomic mass is 127. The molecule has 2 aromatic carbocycles. The Hall–Kier alpha value is -0.790. The monoisotopic (exact) mass is 422 g/mol. The Labute approximate surface area is 136 Å². The zero-order chi connectivity index (χ0) is 14.8. The Morgan fingerprint density at radius 1 is 1.15 bits per heavy atom. The number of hydrogen-bond acceptors (Lipinski definition) is 3. The van der Waals surface area contributed by atoms with Crippen molar-refractivity contribution in [3.05, 3.63) is 57.2 Å². The van der Waals surface area contributed by atoms with Crippen LogP contribution in [0.25, 0.3) is 0 Å². The summed E-state index contributed by atoms with van der Waals surface area (Å²) in [6.07, 6.45) is 0. The molecule has 0 bridgehead atoms. The van der Waals surface area contributed by atoms with Gasteiger partial charge in [-0.3, -0.25) is 0 Å². The van der Waals surface area contributed by atoms with Crippen LogP contribution in [0, 0.1) is 10.5 Å². The molecule has 2 rings (SSSR count). The molecule has 0 aliphatic heterocycles. The fourth-order valence-electron chi connectivity index (χ4n) is 1.67. The van der Waals surface area contributed by atoms with E-state index < -0.39 is 9.05 Å². The van der Waals surface area contributed by atoms with Crippen LogP contribution >= 0.6 is 33.3 Å². The van der Waals surface area contributed by atoms with Gasteiger partial charge in [0.15, 0.2) is 0 Å². The van der Waals surface area contributed by atoms with Crippen LogP contribution in [0.3, 0.4) is 0 Å². The Morgan fingerprint density at radius 3 is 2.40 bits per heavy atom. The minimum atomic E-state index is -3.82. The molecule has 0 aliphatic carbocycles. The molecule has 3 nitrogen and oxygen atoms in total. The van der Waals surface area contributed by atoms with Crippen molar-refractivity contribution in [2.75, 3.05) is 0 Å². The quantitative estimate of drug-likeness (QED) is 0.550. The van der Waals surface area contributed by atoms with Crippen LogP contribution in [0.2, 0.25) is 0 Å². The summed E-state index contributed by atoms with van der Waals surface area (Å²) in [6.45, 7) is 2.09. The van der Waals surface area contributed by atoms with Crippen LogP contribution in [0.4, 0.5) is 0 Å². The maximum atomic E-state index is 11.5. The zero-order valence-corrected chi connectivity index (χ0v) is 14.4. The first-order valence-electron chi connectivity index (χ1n) is 5.79. The minimum Gasteiger partial charge on any atom is -0.487 e. The molecular weight excluding hydrogens is 411 g/mol. The van der Waals surface area contributed by atoms with Gasteiger partial charge in [-0.25, -0.2) is 8.42 Å². The molecule has 0 spiro atoms. The molecule has 0 saturated carbocycles. The summed E-state index contributed by atoms with van der Waals surface area (Å²) in [4.78, 5) is 0.00433. The molecule has 0 aromatic heterocycles. The van der Waals surface area contributed by atoms with Crippen LogP contribution in [-0.4, -0.2) is 8.42 Å². The van der Waals surface area contributed by atoms with Crippen molar-refractivity contribution in [1.29, 1.82) is 0 Å². The fraction of sp³-hybridized carbons (Fsp3) is 0.143. The number of rotatable bonds is 4. The summed E-state index contributed by atoms with van der Waals surface area (Å²) in [5.41, 5.74) is 1.77. The third-order valence-electron chi connectivity index (χ3n) is 2.67. The smallest absolute Gasteiger partial charge is 0.264 e. The first kappa shape index (κ1) is 15.6. The van der Waals surface area contributed by atoms with Gasteiger partial charge >= 0.3 is 0 Å². The molecule has 0 saturated heterocycles. The van der Waals surface area contributed by atoms with Crippen LogP contribution in [0.1, 0.15) is 11.1 Å². The average molecular weight is 423 g/mol. The zero-order valence-electron chi connectivity index (χ0n) is 10.6. The number of aryl methyl sites for hydroxylation is 1. The van der Waals surface area contributed by atoms with Crippen LogP contribution < -0.4 is 4.74 Å². The van der Waals surface area contributed by atoms with Gasteiger partial charge in [-0.15, -0.1) is 0 Å². The normalized spacial score (nSPS) is 11.3. The molecule has 0 fully saturated rings. The summed E-state index contributed by atoms with van der Waals surface area (Å²) in [7, 11) is 1.61. The van der Waals surface area contributed by atoms with Gasteiger partial charge in [0.2, 0.25) is 0 Å². The van der Waals surface area contributed by atoms with Crippen molar-refractivity contribution < 1.29 is 13.2 Å². The Morgan fingerprint density at radius 2 is 1.80 bits per heavy atom. The number of ether oxygens (including phenoxy) is 1. The van der Waals surface area contributed by atoms with E-state index in [2.05, 4.69) is 22.6 Å². The topological polar surface area (TPSA) is 43.4 Å². The van der Waals surface area contributed by atoms with E-state index in [-0.39, 0.29) is 10.6 Å². The van der Waals surface area contributed by atoms with Crippen molar-refractivity contribution in [3.8, 4) is 5.75 Å². The third kappa shape index (κ3) is 4.10. The van der Waals surface area contributed by atoms with Crippen molar-refractivity contribution in [2.24, 2.45) is 0 Å². The van der Waals surface area contributed by atoms with E-state index in [1.165, 1.54) is 6.07 Å². The van der Waals surface area contributed by atoms with Crippen LogP contribution in [0.5, 0.6) is 5.75 Å². The summed E-state index contributed by atoms with van der Waals surface area (Å²) in [5, 5.41) is 0. The van der Waals surface area contributed by atoms with E-state index in [0.29, 0.717) is 6.61 Å². The maximum absolute atomic E-state index is 11.5. The number of benzene rings is 2. The standard InChI is InChI=1S/C14H12ClIO3S/c1-10-2-7-13(14(8-10)20(15,17)18)19-9-11-3-5-12(16)6-4-11/h2-8H,9H2,1H3. The van der Waals surface area contributed by atoms with Gasteiger partial charge in [0, 0.05) is 14.3 Å².